The molecule has 2 amide bonds. The molecule has 0 bridgehead atoms. The Labute approximate surface area is 144 Å². The Hall–Kier alpha value is -2.96. The topological polar surface area (TPSA) is 94.2 Å². The zero-order valence-corrected chi connectivity index (χ0v) is 14.2. The van der Waals surface area contributed by atoms with Gasteiger partial charge in [-0.2, -0.15) is 0 Å². The first-order chi connectivity index (χ1) is 11.7. The van der Waals surface area contributed by atoms with E-state index in [1.54, 1.807) is 26.8 Å². The summed E-state index contributed by atoms with van der Waals surface area (Å²) in [6.45, 7) is 5.11. The number of halogens is 1. The van der Waals surface area contributed by atoms with E-state index in [9.17, 15) is 18.8 Å². The van der Waals surface area contributed by atoms with E-state index in [-0.39, 0.29) is 11.5 Å². The quantitative estimate of drug-likeness (QED) is 0.860. The Morgan fingerprint density at radius 1 is 1.16 bits per heavy atom. The first-order valence-electron chi connectivity index (χ1n) is 7.80. The minimum atomic E-state index is -0.884. The Bertz CT molecular complexity index is 857. The van der Waals surface area contributed by atoms with Gasteiger partial charge in [-0.1, -0.05) is 13.8 Å². The molecule has 132 valence electrons. The highest BCUT2D eigenvalue weighted by molar-refractivity contribution is 5.98. The number of benzene rings is 1. The van der Waals surface area contributed by atoms with Gasteiger partial charge in [-0.15, -0.1) is 0 Å². The Morgan fingerprint density at radius 2 is 1.76 bits per heavy atom. The minimum Gasteiger partial charge on any atom is -0.368 e. The lowest BCUT2D eigenvalue weighted by Crippen LogP contribution is -2.49. The fraction of sp³-hybridized carbons (Fsp3) is 0.278. The van der Waals surface area contributed by atoms with E-state index in [0.717, 1.165) is 0 Å². The lowest BCUT2D eigenvalue weighted by atomic mass is 10.0. The smallest absolute Gasteiger partial charge is 0.268 e. The SMILES string of the molecule is Cc1ccn(-c2ccc(F)cc2)c(=O)c1C(=O)N[C@H](C(N)=O)C(C)C. The number of aromatic nitrogens is 1. The number of hydrogen-bond donors (Lipinski definition) is 2. The fourth-order valence-corrected chi connectivity index (χ4v) is 2.49. The number of pyridine rings is 1. The van der Waals surface area contributed by atoms with Crippen molar-refractivity contribution >= 4 is 11.8 Å². The Morgan fingerprint density at radius 3 is 2.28 bits per heavy atom. The summed E-state index contributed by atoms with van der Waals surface area (Å²) in [7, 11) is 0. The molecule has 0 aliphatic rings. The van der Waals surface area contributed by atoms with Crippen LogP contribution in [0, 0.1) is 18.7 Å². The molecular formula is C18H20FN3O3. The largest absolute Gasteiger partial charge is 0.368 e. The molecule has 25 heavy (non-hydrogen) atoms. The number of hydrogen-bond acceptors (Lipinski definition) is 3. The molecule has 0 spiro atoms. The van der Waals surface area contributed by atoms with Crippen LogP contribution in [-0.2, 0) is 4.79 Å². The van der Waals surface area contributed by atoms with Crippen LogP contribution in [0.25, 0.3) is 5.69 Å². The van der Waals surface area contributed by atoms with E-state index in [1.165, 1.54) is 35.0 Å². The van der Waals surface area contributed by atoms with Crippen molar-refractivity contribution in [3.05, 3.63) is 63.8 Å². The number of carbonyl (C=O) groups is 2. The third-order valence-electron chi connectivity index (χ3n) is 3.89. The number of rotatable bonds is 5. The molecule has 1 atom stereocenters. The molecule has 1 heterocycles. The second-order valence-corrected chi connectivity index (χ2v) is 6.12. The van der Waals surface area contributed by atoms with Gasteiger partial charge in [0.15, 0.2) is 0 Å². The van der Waals surface area contributed by atoms with Gasteiger partial charge in [-0.05, 0) is 48.7 Å². The molecule has 0 saturated carbocycles. The lowest BCUT2D eigenvalue weighted by molar-refractivity contribution is -0.120. The van der Waals surface area contributed by atoms with Crippen LogP contribution in [0.15, 0.2) is 41.3 Å². The molecule has 1 aromatic carbocycles. The average molecular weight is 345 g/mol. The fourth-order valence-electron chi connectivity index (χ4n) is 2.49. The van der Waals surface area contributed by atoms with E-state index in [0.29, 0.717) is 11.3 Å². The van der Waals surface area contributed by atoms with E-state index in [1.807, 2.05) is 0 Å². The summed E-state index contributed by atoms with van der Waals surface area (Å²) in [6.07, 6.45) is 1.51. The predicted octanol–water partition coefficient (Wildman–Crippen LogP) is 1.52. The van der Waals surface area contributed by atoms with Crippen LogP contribution in [0.3, 0.4) is 0 Å². The summed E-state index contributed by atoms with van der Waals surface area (Å²) in [4.78, 5) is 36.8. The standard InChI is InChI=1S/C18H20FN3O3/c1-10(2)15(16(20)23)21-17(24)14-11(3)8-9-22(18(14)25)13-6-4-12(19)5-7-13/h4-10,15H,1-3H3,(H2,20,23)(H,21,24)/t15-/m0/s1. The molecule has 0 unspecified atom stereocenters. The summed E-state index contributed by atoms with van der Waals surface area (Å²) >= 11 is 0. The zero-order valence-electron chi connectivity index (χ0n) is 14.2. The van der Waals surface area contributed by atoms with Crippen molar-refractivity contribution in [3.8, 4) is 5.69 Å². The van der Waals surface area contributed by atoms with Crippen LogP contribution >= 0.6 is 0 Å². The first-order valence-corrected chi connectivity index (χ1v) is 7.80. The minimum absolute atomic E-state index is 0.0845. The van der Waals surface area contributed by atoms with Gasteiger partial charge in [0.05, 0.1) is 0 Å². The number of primary amides is 1. The molecule has 0 radical (unpaired) electrons. The molecule has 2 rings (SSSR count). The number of nitrogens with zero attached hydrogens (tertiary/aromatic N) is 1. The number of nitrogens with two attached hydrogens (primary N) is 1. The molecule has 3 N–H and O–H groups in total. The van der Waals surface area contributed by atoms with Crippen molar-refractivity contribution < 1.29 is 14.0 Å². The molecule has 0 aliphatic heterocycles. The molecule has 6 nitrogen and oxygen atoms in total. The number of aryl methyl sites for hydroxylation is 1. The zero-order chi connectivity index (χ0) is 18.7. The molecule has 0 fully saturated rings. The van der Waals surface area contributed by atoms with Crippen molar-refractivity contribution in [3.63, 3.8) is 0 Å². The van der Waals surface area contributed by atoms with Gasteiger partial charge in [0, 0.05) is 11.9 Å². The van der Waals surface area contributed by atoms with Gasteiger partial charge < -0.3 is 11.1 Å². The van der Waals surface area contributed by atoms with Gasteiger partial charge in [0.1, 0.15) is 17.4 Å². The highest BCUT2D eigenvalue weighted by Gasteiger charge is 2.25. The van der Waals surface area contributed by atoms with Gasteiger partial charge in [-0.25, -0.2) is 4.39 Å². The molecule has 1 aromatic heterocycles. The van der Waals surface area contributed by atoms with Crippen LogP contribution < -0.4 is 16.6 Å². The van der Waals surface area contributed by atoms with Gasteiger partial charge in [-0.3, -0.25) is 19.0 Å². The van der Waals surface area contributed by atoms with Crippen LogP contribution in [0.4, 0.5) is 4.39 Å². The van der Waals surface area contributed by atoms with Crippen molar-refractivity contribution in [2.45, 2.75) is 26.8 Å². The first kappa shape index (κ1) is 18.4. The second-order valence-electron chi connectivity index (χ2n) is 6.12. The van der Waals surface area contributed by atoms with Gasteiger partial charge in [0.25, 0.3) is 11.5 Å². The second kappa shape index (κ2) is 7.29. The summed E-state index contributed by atoms with van der Waals surface area (Å²) in [6, 6.07) is 6.05. The molecule has 2 aromatic rings. The number of amides is 2. The van der Waals surface area contributed by atoms with E-state index in [2.05, 4.69) is 5.32 Å². The van der Waals surface area contributed by atoms with Gasteiger partial charge in [0.2, 0.25) is 5.91 Å². The van der Waals surface area contributed by atoms with Crippen LogP contribution in [-0.4, -0.2) is 22.4 Å². The lowest BCUT2D eigenvalue weighted by Gasteiger charge is -2.19. The van der Waals surface area contributed by atoms with E-state index < -0.39 is 29.2 Å². The van der Waals surface area contributed by atoms with E-state index >= 15 is 0 Å². The predicted molar refractivity (Wildman–Crippen MR) is 92.0 cm³/mol. The van der Waals surface area contributed by atoms with Crippen molar-refractivity contribution in [2.75, 3.05) is 0 Å². The van der Waals surface area contributed by atoms with E-state index in [4.69, 9.17) is 5.73 Å². The maximum absolute atomic E-state index is 13.1. The average Bonchev–Trinajstić information content (AvgIpc) is 2.53. The van der Waals surface area contributed by atoms with Crippen molar-refractivity contribution in [1.82, 2.24) is 9.88 Å². The summed E-state index contributed by atoms with van der Waals surface area (Å²) in [5.41, 5.74) is 5.55. The highest BCUT2D eigenvalue weighted by Crippen LogP contribution is 2.10. The maximum atomic E-state index is 13.1. The molecule has 0 aliphatic carbocycles. The number of carbonyl (C=O) groups excluding carboxylic acids is 2. The maximum Gasteiger partial charge on any atom is 0.268 e. The van der Waals surface area contributed by atoms with Crippen LogP contribution in [0.5, 0.6) is 0 Å². The highest BCUT2D eigenvalue weighted by atomic mass is 19.1. The van der Waals surface area contributed by atoms with Gasteiger partial charge >= 0.3 is 0 Å². The molecule has 7 heteroatoms. The monoisotopic (exact) mass is 345 g/mol. The third-order valence-corrected chi connectivity index (χ3v) is 3.89. The Balaban J connectivity index is 2.46. The number of nitrogens with one attached hydrogen (secondary N) is 1. The normalized spacial score (nSPS) is 12.0. The van der Waals surface area contributed by atoms with Crippen LogP contribution in [0.1, 0.15) is 29.8 Å². The summed E-state index contributed by atoms with van der Waals surface area (Å²) < 4.78 is 14.3. The third kappa shape index (κ3) is 3.93. The summed E-state index contributed by atoms with van der Waals surface area (Å²) in [5.74, 6) is -1.99. The van der Waals surface area contributed by atoms with Crippen LogP contribution in [0.2, 0.25) is 0 Å². The molecular weight excluding hydrogens is 325 g/mol. The molecule has 0 saturated heterocycles. The summed E-state index contributed by atoms with van der Waals surface area (Å²) in [5, 5.41) is 2.51. The van der Waals surface area contributed by atoms with Crippen molar-refractivity contribution in [1.29, 1.82) is 0 Å². The Kier molecular flexibility index (Phi) is 5.36. The van der Waals surface area contributed by atoms with Crippen molar-refractivity contribution in [2.24, 2.45) is 11.7 Å².